The highest BCUT2D eigenvalue weighted by Crippen LogP contribution is 2.24. The largest absolute Gasteiger partial charge is 0.490 e. The molecule has 0 saturated heterocycles. The molecule has 0 aliphatic carbocycles. The summed E-state index contributed by atoms with van der Waals surface area (Å²) in [6, 6.07) is 8.75. The van der Waals surface area contributed by atoms with Crippen LogP contribution in [-0.2, 0) is 11.3 Å². The van der Waals surface area contributed by atoms with Gasteiger partial charge in [0.15, 0.2) is 0 Å². The standard InChI is InChI=1S/C14H11ClN6O3/c15-10-3-4-11(12(7-10)19-5-1-2-6-19)17-13(22)8-20-9-16-14(18-20)21(23)24/h1-7,9H,8H2,(H,17,22). The number of anilines is 1. The minimum atomic E-state index is -0.724. The number of aromatic nitrogens is 4. The lowest BCUT2D eigenvalue weighted by Crippen LogP contribution is -2.20. The van der Waals surface area contributed by atoms with E-state index >= 15 is 0 Å². The Hall–Kier alpha value is -3.20. The molecule has 1 amide bonds. The van der Waals surface area contributed by atoms with Gasteiger partial charge in [-0.3, -0.25) is 4.79 Å². The van der Waals surface area contributed by atoms with Gasteiger partial charge in [0, 0.05) is 22.5 Å². The molecular formula is C14H11ClN6O3. The van der Waals surface area contributed by atoms with Crippen LogP contribution in [0.4, 0.5) is 11.6 Å². The molecule has 0 aliphatic rings. The van der Waals surface area contributed by atoms with E-state index in [1.165, 1.54) is 0 Å². The van der Waals surface area contributed by atoms with Crippen molar-refractivity contribution in [3.05, 3.63) is 64.2 Å². The first-order chi connectivity index (χ1) is 11.5. The molecule has 3 rings (SSSR count). The van der Waals surface area contributed by atoms with Gasteiger partial charge in [-0.25, -0.2) is 0 Å². The van der Waals surface area contributed by atoms with Gasteiger partial charge in [-0.15, -0.1) is 0 Å². The summed E-state index contributed by atoms with van der Waals surface area (Å²) < 4.78 is 2.90. The Labute approximate surface area is 140 Å². The van der Waals surface area contributed by atoms with Crippen LogP contribution in [0.5, 0.6) is 0 Å². The van der Waals surface area contributed by atoms with Crippen molar-refractivity contribution in [2.45, 2.75) is 6.54 Å². The zero-order valence-corrected chi connectivity index (χ0v) is 12.9. The average molecular weight is 347 g/mol. The van der Waals surface area contributed by atoms with Crippen LogP contribution < -0.4 is 5.32 Å². The number of nitrogens with one attached hydrogen (secondary N) is 1. The number of hydrogen-bond donors (Lipinski definition) is 1. The quantitative estimate of drug-likeness (QED) is 0.563. The monoisotopic (exact) mass is 346 g/mol. The average Bonchev–Trinajstić information content (AvgIpc) is 3.20. The summed E-state index contributed by atoms with van der Waals surface area (Å²) in [6.45, 7) is -0.200. The summed E-state index contributed by atoms with van der Waals surface area (Å²) in [5.41, 5.74) is 1.25. The van der Waals surface area contributed by atoms with E-state index in [0.717, 1.165) is 11.0 Å². The molecule has 0 aliphatic heterocycles. The summed E-state index contributed by atoms with van der Waals surface area (Å²) in [7, 11) is 0. The number of nitro groups is 1. The van der Waals surface area contributed by atoms with E-state index in [2.05, 4.69) is 15.4 Å². The Bertz CT molecular complexity index is 890. The highest BCUT2D eigenvalue weighted by atomic mass is 35.5. The van der Waals surface area contributed by atoms with Gasteiger partial charge in [0.1, 0.15) is 6.54 Å². The SMILES string of the molecule is O=C(Cn1cnc([N+](=O)[O-])n1)Nc1ccc(Cl)cc1-n1cccc1. The van der Waals surface area contributed by atoms with Crippen molar-refractivity contribution < 1.29 is 9.72 Å². The number of rotatable bonds is 5. The minimum Gasteiger partial charge on any atom is -0.390 e. The minimum absolute atomic E-state index is 0.200. The summed E-state index contributed by atoms with van der Waals surface area (Å²) in [4.78, 5) is 25.5. The molecule has 2 heterocycles. The van der Waals surface area contributed by atoms with Crippen molar-refractivity contribution in [2.24, 2.45) is 0 Å². The number of halogens is 1. The second kappa shape index (κ2) is 6.50. The number of benzene rings is 1. The van der Waals surface area contributed by atoms with E-state index in [9.17, 15) is 14.9 Å². The van der Waals surface area contributed by atoms with Crippen molar-refractivity contribution >= 4 is 29.1 Å². The number of carbonyl (C=O) groups excluding carboxylic acids is 1. The molecule has 0 radical (unpaired) electrons. The molecule has 1 N–H and O–H groups in total. The number of nitrogens with zero attached hydrogens (tertiary/aromatic N) is 5. The van der Waals surface area contributed by atoms with Gasteiger partial charge in [0.2, 0.25) is 12.2 Å². The maximum Gasteiger partial charge on any atom is 0.490 e. The third-order valence-corrected chi connectivity index (χ3v) is 3.34. The predicted octanol–water partition coefficient (Wildman–Crippen LogP) is 2.27. The molecule has 0 bridgehead atoms. The van der Waals surface area contributed by atoms with Gasteiger partial charge >= 0.3 is 5.95 Å². The van der Waals surface area contributed by atoms with Crippen molar-refractivity contribution in [3.63, 3.8) is 0 Å². The Kier molecular flexibility index (Phi) is 4.25. The van der Waals surface area contributed by atoms with Crippen LogP contribution in [0.2, 0.25) is 5.02 Å². The fourth-order valence-corrected chi connectivity index (χ4v) is 2.27. The molecule has 122 valence electrons. The Morgan fingerprint density at radius 2 is 2.08 bits per heavy atom. The molecule has 1 aromatic carbocycles. The molecule has 10 heteroatoms. The van der Waals surface area contributed by atoms with Gasteiger partial charge in [0.05, 0.1) is 11.4 Å². The zero-order valence-electron chi connectivity index (χ0n) is 12.2. The molecule has 2 aromatic heterocycles. The predicted molar refractivity (Wildman–Crippen MR) is 86.1 cm³/mol. The molecule has 0 fully saturated rings. The van der Waals surface area contributed by atoms with Crippen LogP contribution in [0.15, 0.2) is 49.1 Å². The van der Waals surface area contributed by atoms with Gasteiger partial charge in [-0.1, -0.05) is 16.6 Å². The molecule has 0 spiro atoms. The molecule has 9 nitrogen and oxygen atoms in total. The maximum atomic E-state index is 12.2. The van der Waals surface area contributed by atoms with E-state index < -0.39 is 16.8 Å². The zero-order chi connectivity index (χ0) is 17.1. The van der Waals surface area contributed by atoms with Gasteiger partial charge < -0.3 is 20.0 Å². The lowest BCUT2D eigenvalue weighted by molar-refractivity contribution is -0.394. The summed E-state index contributed by atoms with van der Waals surface area (Å²) >= 11 is 6.02. The van der Waals surface area contributed by atoms with Crippen LogP contribution in [0.25, 0.3) is 5.69 Å². The topological polar surface area (TPSA) is 108 Å². The highest BCUT2D eigenvalue weighted by molar-refractivity contribution is 6.30. The normalized spacial score (nSPS) is 10.5. The van der Waals surface area contributed by atoms with E-state index in [4.69, 9.17) is 11.6 Å². The Morgan fingerprint density at radius 3 is 2.75 bits per heavy atom. The fraction of sp³-hybridized carbons (Fsp3) is 0.0714. The highest BCUT2D eigenvalue weighted by Gasteiger charge is 2.16. The molecule has 0 atom stereocenters. The molecule has 0 saturated carbocycles. The molecular weight excluding hydrogens is 336 g/mol. The van der Waals surface area contributed by atoms with E-state index in [-0.39, 0.29) is 6.54 Å². The first-order valence-electron chi connectivity index (χ1n) is 6.79. The van der Waals surface area contributed by atoms with Gasteiger partial charge in [0.25, 0.3) is 0 Å². The maximum absolute atomic E-state index is 12.2. The second-order valence-electron chi connectivity index (χ2n) is 4.80. The van der Waals surface area contributed by atoms with E-state index in [1.807, 2.05) is 29.1 Å². The van der Waals surface area contributed by atoms with Gasteiger partial charge in [-0.05, 0) is 35.3 Å². The summed E-state index contributed by atoms with van der Waals surface area (Å²) in [5, 5.41) is 17.4. The van der Waals surface area contributed by atoms with Crippen LogP contribution in [-0.4, -0.2) is 30.2 Å². The molecule has 24 heavy (non-hydrogen) atoms. The lowest BCUT2D eigenvalue weighted by Gasteiger charge is -2.12. The summed E-state index contributed by atoms with van der Waals surface area (Å²) in [6.07, 6.45) is 4.77. The molecule has 3 aromatic rings. The van der Waals surface area contributed by atoms with Crippen LogP contribution in [0, 0.1) is 10.1 Å². The van der Waals surface area contributed by atoms with E-state index in [1.54, 1.807) is 18.2 Å². The Balaban J connectivity index is 1.78. The fourth-order valence-electron chi connectivity index (χ4n) is 2.10. The van der Waals surface area contributed by atoms with Gasteiger partial charge in [-0.2, -0.15) is 4.68 Å². The lowest BCUT2D eigenvalue weighted by atomic mass is 10.2. The van der Waals surface area contributed by atoms with Crippen molar-refractivity contribution in [1.29, 1.82) is 0 Å². The summed E-state index contributed by atoms with van der Waals surface area (Å²) in [5.74, 6) is -0.951. The van der Waals surface area contributed by atoms with Crippen LogP contribution in [0.1, 0.15) is 0 Å². The van der Waals surface area contributed by atoms with Crippen molar-refractivity contribution in [1.82, 2.24) is 19.3 Å². The first-order valence-corrected chi connectivity index (χ1v) is 7.17. The smallest absolute Gasteiger partial charge is 0.390 e. The van der Waals surface area contributed by atoms with Crippen LogP contribution in [0.3, 0.4) is 0 Å². The second-order valence-corrected chi connectivity index (χ2v) is 5.24. The first kappa shape index (κ1) is 15.7. The number of amides is 1. The van der Waals surface area contributed by atoms with Crippen molar-refractivity contribution in [2.75, 3.05) is 5.32 Å². The third kappa shape index (κ3) is 3.41. The van der Waals surface area contributed by atoms with Crippen molar-refractivity contribution in [3.8, 4) is 5.69 Å². The van der Waals surface area contributed by atoms with E-state index in [0.29, 0.717) is 16.4 Å². The Morgan fingerprint density at radius 1 is 1.33 bits per heavy atom. The van der Waals surface area contributed by atoms with Crippen LogP contribution >= 0.6 is 11.6 Å². The number of carbonyl (C=O) groups is 1. The third-order valence-electron chi connectivity index (χ3n) is 3.11. The molecule has 0 unspecified atom stereocenters. The number of hydrogen-bond acceptors (Lipinski definition) is 5.